The smallest absolute Gasteiger partial charge is 0.244 e. The Kier molecular flexibility index (Phi) is 16.5. The van der Waals surface area contributed by atoms with Crippen molar-refractivity contribution in [3.63, 3.8) is 0 Å². The highest BCUT2D eigenvalue weighted by Crippen LogP contribution is 2.07. The molecule has 0 aliphatic rings. The van der Waals surface area contributed by atoms with Gasteiger partial charge in [0.15, 0.2) is 11.9 Å². The van der Waals surface area contributed by atoms with Gasteiger partial charge in [-0.15, -0.1) is 0 Å². The van der Waals surface area contributed by atoms with E-state index in [0.717, 1.165) is 0 Å². The summed E-state index contributed by atoms with van der Waals surface area (Å²) >= 11 is 4.14. The molecule has 0 rings (SSSR count). The molecule has 4 amide bonds. The number of nitrogens with two attached hydrogens (primary N) is 6. The van der Waals surface area contributed by atoms with Crippen LogP contribution in [0.1, 0.15) is 46.0 Å². The Balaban J connectivity index is 5.15. The maximum absolute atomic E-state index is 13.0. The summed E-state index contributed by atoms with van der Waals surface area (Å²) in [4.78, 5) is 57.7. The first-order valence-electron chi connectivity index (χ1n) is 12.0. The molecule has 0 aliphatic carbocycles. The normalized spacial score (nSPS) is 14.0. The number of rotatable bonds is 18. The van der Waals surface area contributed by atoms with Crippen LogP contribution >= 0.6 is 12.6 Å². The van der Waals surface area contributed by atoms with E-state index >= 15 is 0 Å². The Labute approximate surface area is 222 Å². The van der Waals surface area contributed by atoms with Gasteiger partial charge in [-0.1, -0.05) is 13.8 Å². The van der Waals surface area contributed by atoms with Gasteiger partial charge in [0.25, 0.3) is 0 Å². The van der Waals surface area contributed by atoms with Gasteiger partial charge in [-0.2, -0.15) is 12.6 Å². The summed E-state index contributed by atoms with van der Waals surface area (Å²) in [6, 6.07) is -3.91. The molecule has 16 heteroatoms. The van der Waals surface area contributed by atoms with E-state index < -0.39 is 47.8 Å². The number of nitrogens with zero attached hydrogens (tertiary/aromatic N) is 2. The fourth-order valence-electron chi connectivity index (χ4n) is 3.16. The zero-order valence-electron chi connectivity index (χ0n) is 21.5. The van der Waals surface area contributed by atoms with Gasteiger partial charge >= 0.3 is 0 Å². The van der Waals surface area contributed by atoms with Crippen LogP contribution in [0.4, 0.5) is 0 Å². The number of aliphatic imine (C=N–C) groups is 2. The highest BCUT2D eigenvalue weighted by atomic mass is 32.1. The van der Waals surface area contributed by atoms with E-state index in [-0.39, 0.29) is 36.6 Å². The van der Waals surface area contributed by atoms with E-state index in [1.165, 1.54) is 0 Å². The van der Waals surface area contributed by atoms with Crippen LogP contribution in [-0.2, 0) is 19.2 Å². The molecule has 0 aromatic heterocycles. The van der Waals surface area contributed by atoms with E-state index in [1.807, 2.05) is 13.8 Å². The number of amides is 4. The zero-order valence-corrected chi connectivity index (χ0v) is 22.4. The number of hydrogen-bond donors (Lipinski definition) is 10. The SMILES string of the molecule is CC(C)C[C@H](NC(=O)[C@@H](N)CCCN=C(N)N)C(=O)N[C@@H](CS)C(=O)N[C@@H](CCCN=C(N)N)C(N)=O. The van der Waals surface area contributed by atoms with Gasteiger partial charge in [0, 0.05) is 18.8 Å². The van der Waals surface area contributed by atoms with Crippen molar-refractivity contribution in [1.82, 2.24) is 16.0 Å². The first kappa shape index (κ1) is 33.7. The Morgan fingerprint density at radius 1 is 0.730 bits per heavy atom. The first-order valence-corrected chi connectivity index (χ1v) is 12.6. The summed E-state index contributed by atoms with van der Waals surface area (Å²) in [5, 5.41) is 7.73. The van der Waals surface area contributed by atoms with Crippen LogP contribution in [0.2, 0.25) is 0 Å². The highest BCUT2D eigenvalue weighted by Gasteiger charge is 2.29. The highest BCUT2D eigenvalue weighted by molar-refractivity contribution is 7.80. The molecule has 15 N–H and O–H groups in total. The lowest BCUT2D eigenvalue weighted by molar-refractivity contribution is -0.133. The third kappa shape index (κ3) is 15.4. The fraction of sp³-hybridized carbons (Fsp3) is 0.714. The Hall–Kier alpha value is -3.27. The van der Waals surface area contributed by atoms with Crippen molar-refractivity contribution in [3.8, 4) is 0 Å². The van der Waals surface area contributed by atoms with E-state index in [0.29, 0.717) is 32.2 Å². The van der Waals surface area contributed by atoms with Crippen LogP contribution in [0.5, 0.6) is 0 Å². The Morgan fingerprint density at radius 3 is 1.65 bits per heavy atom. The van der Waals surface area contributed by atoms with Crippen LogP contribution < -0.4 is 50.4 Å². The van der Waals surface area contributed by atoms with Gasteiger partial charge in [-0.05, 0) is 38.0 Å². The minimum absolute atomic E-state index is 0.0434. The fourth-order valence-corrected chi connectivity index (χ4v) is 3.42. The van der Waals surface area contributed by atoms with Gasteiger partial charge in [0.05, 0.1) is 6.04 Å². The van der Waals surface area contributed by atoms with Crippen molar-refractivity contribution >= 4 is 48.2 Å². The summed E-state index contributed by atoms with van der Waals surface area (Å²) < 4.78 is 0. The van der Waals surface area contributed by atoms with Gasteiger partial charge in [0.2, 0.25) is 23.6 Å². The van der Waals surface area contributed by atoms with Crippen molar-refractivity contribution in [2.75, 3.05) is 18.8 Å². The molecule has 37 heavy (non-hydrogen) atoms. The van der Waals surface area contributed by atoms with Gasteiger partial charge in [-0.25, -0.2) is 0 Å². The summed E-state index contributed by atoms with van der Waals surface area (Å²) in [6.45, 7) is 4.33. The average Bonchev–Trinajstić information content (AvgIpc) is 2.80. The molecule has 0 spiro atoms. The summed E-state index contributed by atoms with van der Waals surface area (Å²) in [6.07, 6.45) is 1.66. The van der Waals surface area contributed by atoms with Crippen molar-refractivity contribution in [3.05, 3.63) is 0 Å². The maximum atomic E-state index is 13.0. The lowest BCUT2D eigenvalue weighted by atomic mass is 10.0. The van der Waals surface area contributed by atoms with Crippen LogP contribution in [0.3, 0.4) is 0 Å². The number of guanidine groups is 2. The lowest BCUT2D eigenvalue weighted by Gasteiger charge is -2.25. The largest absolute Gasteiger partial charge is 0.370 e. The van der Waals surface area contributed by atoms with Crippen LogP contribution in [0.25, 0.3) is 0 Å². The van der Waals surface area contributed by atoms with Crippen molar-refractivity contribution in [1.29, 1.82) is 0 Å². The topological polar surface area (TPSA) is 285 Å². The summed E-state index contributed by atoms with van der Waals surface area (Å²) in [5.41, 5.74) is 32.4. The number of carbonyl (C=O) groups is 4. The number of thiol groups is 1. The van der Waals surface area contributed by atoms with E-state index in [2.05, 4.69) is 38.6 Å². The molecular formula is C21H43N11O4S. The molecular weight excluding hydrogens is 502 g/mol. The molecule has 0 aromatic carbocycles. The molecule has 0 saturated heterocycles. The van der Waals surface area contributed by atoms with Crippen molar-refractivity contribution in [2.45, 2.75) is 70.1 Å². The molecule has 212 valence electrons. The molecule has 0 radical (unpaired) electrons. The number of nitrogens with one attached hydrogen (secondary N) is 3. The monoisotopic (exact) mass is 545 g/mol. The molecule has 15 nitrogen and oxygen atoms in total. The molecule has 0 fully saturated rings. The third-order valence-corrected chi connectivity index (χ3v) is 5.43. The van der Waals surface area contributed by atoms with Crippen molar-refractivity contribution in [2.24, 2.45) is 50.3 Å². The predicted octanol–water partition coefficient (Wildman–Crippen LogP) is -3.66. The van der Waals surface area contributed by atoms with Crippen LogP contribution in [0, 0.1) is 5.92 Å². The van der Waals surface area contributed by atoms with Gasteiger partial charge < -0.3 is 50.4 Å². The second kappa shape index (κ2) is 18.0. The molecule has 0 heterocycles. The zero-order chi connectivity index (χ0) is 28.5. The maximum Gasteiger partial charge on any atom is 0.244 e. The molecule has 0 saturated carbocycles. The Morgan fingerprint density at radius 2 is 1.19 bits per heavy atom. The predicted molar refractivity (Wildman–Crippen MR) is 146 cm³/mol. The first-order chi connectivity index (χ1) is 17.3. The van der Waals surface area contributed by atoms with E-state index in [1.54, 1.807) is 0 Å². The van der Waals surface area contributed by atoms with Crippen LogP contribution in [-0.4, -0.2) is 78.6 Å². The standard InChI is InChI=1S/C21H43N11O4S/c1-11(2)9-14(31-17(34)12(22)5-3-7-28-20(24)25)18(35)32-15(10-37)19(36)30-13(16(23)33)6-4-8-29-21(26)27/h11-15,37H,3-10,22H2,1-2H3,(H2,23,33)(H,30,36)(H,31,34)(H,32,35)(H4,24,25,28)(H4,26,27,29)/t12-,13-,14-,15-/m0/s1. The van der Waals surface area contributed by atoms with E-state index in [4.69, 9.17) is 34.4 Å². The molecule has 0 bridgehead atoms. The molecule has 4 atom stereocenters. The minimum atomic E-state index is -1.09. The van der Waals surface area contributed by atoms with Crippen LogP contribution in [0.15, 0.2) is 9.98 Å². The second-order valence-corrected chi connectivity index (χ2v) is 9.27. The lowest BCUT2D eigenvalue weighted by Crippen LogP contribution is -2.58. The third-order valence-electron chi connectivity index (χ3n) is 5.07. The number of hydrogen-bond acceptors (Lipinski definition) is 8. The average molecular weight is 546 g/mol. The summed E-state index contributed by atoms with van der Waals surface area (Å²) in [7, 11) is 0. The number of carbonyl (C=O) groups excluding carboxylic acids is 4. The van der Waals surface area contributed by atoms with Gasteiger partial charge in [0.1, 0.15) is 18.1 Å². The molecule has 0 unspecified atom stereocenters. The van der Waals surface area contributed by atoms with Gasteiger partial charge in [-0.3, -0.25) is 29.2 Å². The number of primary amides is 1. The molecule has 0 aliphatic heterocycles. The van der Waals surface area contributed by atoms with E-state index in [9.17, 15) is 19.2 Å². The Bertz CT molecular complexity index is 814. The quantitative estimate of drug-likeness (QED) is 0.0351. The summed E-state index contributed by atoms with van der Waals surface area (Å²) in [5.74, 6) is -2.68. The minimum Gasteiger partial charge on any atom is -0.370 e. The second-order valence-electron chi connectivity index (χ2n) is 8.90. The molecule has 0 aromatic rings. The van der Waals surface area contributed by atoms with Crippen molar-refractivity contribution < 1.29 is 19.2 Å².